The number of hydrogen-bond donors (Lipinski definition) is 1. The minimum atomic E-state index is -0.332. The van der Waals surface area contributed by atoms with E-state index in [1.807, 2.05) is 10.7 Å². The molecule has 0 saturated carbocycles. The van der Waals surface area contributed by atoms with Gasteiger partial charge in [-0.15, -0.1) is 0 Å². The molecule has 1 aromatic heterocycles. The van der Waals surface area contributed by atoms with Crippen molar-refractivity contribution < 1.29 is 4.92 Å². The first-order valence-corrected chi connectivity index (χ1v) is 7.86. The first-order chi connectivity index (χ1) is 10.8. The van der Waals surface area contributed by atoms with E-state index in [2.05, 4.69) is 26.1 Å². The Morgan fingerprint density at radius 2 is 2.09 bits per heavy atom. The molecule has 0 amide bonds. The summed E-state index contributed by atoms with van der Waals surface area (Å²) in [6.45, 7) is 9.89. The molecule has 23 heavy (non-hydrogen) atoms. The highest BCUT2D eigenvalue weighted by atomic mass is 16.6. The number of nitro groups is 1. The van der Waals surface area contributed by atoms with Crippen LogP contribution in [0.15, 0.2) is 18.2 Å². The highest BCUT2D eigenvalue weighted by Gasteiger charge is 2.28. The van der Waals surface area contributed by atoms with Gasteiger partial charge < -0.3 is 5.32 Å². The summed E-state index contributed by atoms with van der Waals surface area (Å²) in [6, 6.07) is 5.32. The smallest absolute Gasteiger partial charge is 0.274 e. The zero-order valence-corrected chi connectivity index (χ0v) is 14.0. The third-order valence-electron chi connectivity index (χ3n) is 4.27. The molecule has 122 valence electrons. The maximum absolute atomic E-state index is 11.2. The van der Waals surface area contributed by atoms with Gasteiger partial charge in [0.25, 0.3) is 5.69 Å². The average molecular weight is 314 g/mol. The lowest BCUT2D eigenvalue weighted by Gasteiger charge is -2.20. The summed E-state index contributed by atoms with van der Waals surface area (Å²) in [4.78, 5) is 10.9. The van der Waals surface area contributed by atoms with Crippen LogP contribution in [0.1, 0.15) is 43.3 Å². The molecule has 1 N–H and O–H groups in total. The number of hydrogen-bond acceptors (Lipinski definition) is 4. The van der Waals surface area contributed by atoms with Gasteiger partial charge in [-0.25, -0.2) is 4.68 Å². The molecule has 0 atom stereocenters. The van der Waals surface area contributed by atoms with Crippen LogP contribution < -0.4 is 5.32 Å². The Labute approximate surface area is 135 Å². The van der Waals surface area contributed by atoms with Gasteiger partial charge in [-0.05, 0) is 13.0 Å². The van der Waals surface area contributed by atoms with Crippen molar-refractivity contribution >= 4 is 5.69 Å². The quantitative estimate of drug-likeness (QED) is 0.683. The second-order valence-corrected chi connectivity index (χ2v) is 7.09. The molecule has 0 bridgehead atoms. The Hall–Kier alpha value is -2.21. The Morgan fingerprint density at radius 3 is 2.74 bits per heavy atom. The molecule has 0 aliphatic carbocycles. The molecular formula is C17H22N4O2. The van der Waals surface area contributed by atoms with E-state index in [9.17, 15) is 10.1 Å². The Bertz CT molecular complexity index is 772. The van der Waals surface area contributed by atoms with Crippen LogP contribution in [0.4, 0.5) is 5.69 Å². The standard InChI is InChI=1S/C17H22N4O2/c1-11-5-6-12(9-15(11)21(22)23)20-14-7-8-18-10-13(14)16(19-20)17(2,3)4/h5-6,9,18H,7-8,10H2,1-4H3. The lowest BCUT2D eigenvalue weighted by atomic mass is 9.88. The number of nitrogens with one attached hydrogen (secondary N) is 1. The molecule has 3 rings (SSSR count). The van der Waals surface area contributed by atoms with E-state index >= 15 is 0 Å². The molecule has 1 aliphatic heterocycles. The average Bonchev–Trinajstić information content (AvgIpc) is 2.87. The minimum absolute atomic E-state index is 0.0645. The van der Waals surface area contributed by atoms with Gasteiger partial charge in [-0.1, -0.05) is 26.8 Å². The second kappa shape index (κ2) is 5.45. The minimum Gasteiger partial charge on any atom is -0.312 e. The zero-order valence-electron chi connectivity index (χ0n) is 14.0. The first kappa shape index (κ1) is 15.7. The van der Waals surface area contributed by atoms with Crippen LogP contribution in [-0.4, -0.2) is 21.2 Å². The van der Waals surface area contributed by atoms with Crippen molar-refractivity contribution in [1.82, 2.24) is 15.1 Å². The highest BCUT2D eigenvalue weighted by molar-refractivity contribution is 5.50. The normalized spacial score (nSPS) is 14.6. The molecular weight excluding hydrogens is 292 g/mol. The van der Waals surface area contributed by atoms with Crippen LogP contribution in [0.25, 0.3) is 5.69 Å². The van der Waals surface area contributed by atoms with Gasteiger partial charge >= 0.3 is 0 Å². The Kier molecular flexibility index (Phi) is 3.72. The fourth-order valence-corrected chi connectivity index (χ4v) is 3.09. The maximum atomic E-state index is 11.2. The van der Waals surface area contributed by atoms with Crippen LogP contribution in [-0.2, 0) is 18.4 Å². The van der Waals surface area contributed by atoms with Crippen molar-refractivity contribution in [2.75, 3.05) is 6.54 Å². The summed E-state index contributed by atoms with van der Waals surface area (Å²) >= 11 is 0. The second-order valence-electron chi connectivity index (χ2n) is 7.09. The van der Waals surface area contributed by atoms with Crippen LogP contribution in [0.3, 0.4) is 0 Å². The number of rotatable bonds is 2. The summed E-state index contributed by atoms with van der Waals surface area (Å²) < 4.78 is 1.89. The van der Waals surface area contributed by atoms with Gasteiger partial charge in [0.2, 0.25) is 0 Å². The molecule has 6 nitrogen and oxygen atoms in total. The summed E-state index contributed by atoms with van der Waals surface area (Å²) in [5, 5.41) is 19.4. The monoisotopic (exact) mass is 314 g/mol. The Morgan fingerprint density at radius 1 is 1.35 bits per heavy atom. The van der Waals surface area contributed by atoms with Crippen LogP contribution >= 0.6 is 0 Å². The van der Waals surface area contributed by atoms with Gasteiger partial charge in [0.05, 0.1) is 22.0 Å². The SMILES string of the molecule is Cc1ccc(-n2nc(C(C)(C)C)c3c2CCNC3)cc1[N+](=O)[O-]. The van der Waals surface area contributed by atoms with Gasteiger partial charge in [0.1, 0.15) is 0 Å². The molecule has 0 saturated heterocycles. The van der Waals surface area contributed by atoms with Crippen molar-refractivity contribution in [2.24, 2.45) is 0 Å². The number of fused-ring (bicyclic) bond motifs is 1. The molecule has 6 heteroatoms. The van der Waals surface area contributed by atoms with E-state index in [0.29, 0.717) is 5.56 Å². The highest BCUT2D eigenvalue weighted by Crippen LogP contribution is 2.31. The van der Waals surface area contributed by atoms with E-state index in [1.165, 1.54) is 5.56 Å². The van der Waals surface area contributed by atoms with Crippen LogP contribution in [0.5, 0.6) is 0 Å². The number of aromatic nitrogens is 2. The lowest BCUT2D eigenvalue weighted by Crippen LogP contribution is -2.26. The number of nitrogens with zero attached hydrogens (tertiary/aromatic N) is 3. The van der Waals surface area contributed by atoms with Crippen molar-refractivity contribution in [2.45, 2.75) is 46.1 Å². The third-order valence-corrected chi connectivity index (χ3v) is 4.27. The van der Waals surface area contributed by atoms with E-state index in [4.69, 9.17) is 5.10 Å². The van der Waals surface area contributed by atoms with E-state index in [-0.39, 0.29) is 16.0 Å². The fraction of sp³-hybridized carbons (Fsp3) is 0.471. The topological polar surface area (TPSA) is 73.0 Å². The molecule has 0 spiro atoms. The number of aryl methyl sites for hydroxylation is 1. The van der Waals surface area contributed by atoms with Gasteiger partial charge in [0.15, 0.2) is 0 Å². The molecule has 1 aliphatic rings. The summed E-state index contributed by atoms with van der Waals surface area (Å²) in [5.41, 5.74) is 4.94. The molecule has 2 heterocycles. The molecule has 0 fully saturated rings. The van der Waals surface area contributed by atoms with Gasteiger partial charge in [-0.2, -0.15) is 5.10 Å². The molecule has 1 aromatic carbocycles. The predicted molar refractivity (Wildman–Crippen MR) is 89.1 cm³/mol. The summed E-state index contributed by atoms with van der Waals surface area (Å²) in [6.07, 6.45) is 0.875. The fourth-order valence-electron chi connectivity index (χ4n) is 3.09. The zero-order chi connectivity index (χ0) is 16.8. The summed E-state index contributed by atoms with van der Waals surface area (Å²) in [7, 11) is 0. The predicted octanol–water partition coefficient (Wildman–Crippen LogP) is 3.03. The van der Waals surface area contributed by atoms with Crippen molar-refractivity contribution in [3.8, 4) is 5.69 Å². The van der Waals surface area contributed by atoms with Crippen LogP contribution in [0, 0.1) is 17.0 Å². The molecule has 0 unspecified atom stereocenters. The maximum Gasteiger partial charge on any atom is 0.274 e. The van der Waals surface area contributed by atoms with Gasteiger partial charge in [0, 0.05) is 42.1 Å². The Balaban J connectivity index is 2.19. The van der Waals surface area contributed by atoms with Crippen molar-refractivity contribution in [3.05, 3.63) is 50.8 Å². The third kappa shape index (κ3) is 2.74. The lowest BCUT2D eigenvalue weighted by molar-refractivity contribution is -0.385. The van der Waals surface area contributed by atoms with Crippen LogP contribution in [0.2, 0.25) is 0 Å². The van der Waals surface area contributed by atoms with Gasteiger partial charge in [-0.3, -0.25) is 10.1 Å². The first-order valence-electron chi connectivity index (χ1n) is 7.86. The molecule has 2 aromatic rings. The number of nitro benzene ring substituents is 1. The largest absolute Gasteiger partial charge is 0.312 e. The van der Waals surface area contributed by atoms with E-state index in [1.54, 1.807) is 19.1 Å². The summed E-state index contributed by atoms with van der Waals surface area (Å²) in [5.74, 6) is 0. The van der Waals surface area contributed by atoms with E-state index < -0.39 is 0 Å². The van der Waals surface area contributed by atoms with Crippen molar-refractivity contribution in [3.63, 3.8) is 0 Å². The van der Waals surface area contributed by atoms with E-state index in [0.717, 1.165) is 36.6 Å². The van der Waals surface area contributed by atoms with Crippen molar-refractivity contribution in [1.29, 1.82) is 0 Å². The molecule has 0 radical (unpaired) electrons. The number of benzene rings is 1.